The van der Waals surface area contributed by atoms with Crippen LogP contribution in [-0.2, 0) is 10.4 Å². The van der Waals surface area contributed by atoms with E-state index in [9.17, 15) is 0 Å². The summed E-state index contributed by atoms with van der Waals surface area (Å²) in [5.74, 6) is 0. The molecular formula is H7LiO6S. The molecule has 0 aromatic carbocycles. The molecule has 0 fully saturated rings. The molecule has 0 aliphatic carbocycles. The molecule has 0 spiro atoms. The first-order valence-electron chi connectivity index (χ1n) is 0.698. The topological polar surface area (TPSA) is 138 Å². The summed E-state index contributed by atoms with van der Waals surface area (Å²) < 4.78 is 31.6. The number of rotatable bonds is 0. The second-order valence-electron chi connectivity index (χ2n) is 0.448. The van der Waals surface area contributed by atoms with Gasteiger partial charge < -0.3 is 11.0 Å². The normalized spacial score (nSPS) is 7.25. The molecule has 0 aliphatic heterocycles. The summed E-state index contributed by atoms with van der Waals surface area (Å²) in [4.78, 5) is 0. The van der Waals surface area contributed by atoms with Crippen LogP contribution < -0.4 is 0 Å². The minimum absolute atomic E-state index is 0. The molecule has 0 saturated heterocycles. The molecule has 0 rings (SSSR count). The van der Waals surface area contributed by atoms with Gasteiger partial charge in [0, 0.05) is 0 Å². The molecule has 0 radical (unpaired) electrons. The Bertz CT molecular complexity index is 91.7. The predicted octanol–water partition coefficient (Wildman–Crippen LogP) is -2.95. The zero-order valence-electron chi connectivity index (χ0n) is 3.12. The molecule has 8 heavy (non-hydrogen) atoms. The van der Waals surface area contributed by atoms with Gasteiger partial charge >= 0.3 is 29.3 Å². The van der Waals surface area contributed by atoms with E-state index >= 15 is 0 Å². The molecule has 0 amide bonds. The zero-order valence-corrected chi connectivity index (χ0v) is 3.94. The van der Waals surface area contributed by atoms with Crippen LogP contribution in [0.3, 0.4) is 0 Å². The third-order valence-electron chi connectivity index (χ3n) is 0. The molecule has 0 aromatic heterocycles. The monoisotopic (exact) mass is 142 g/mol. The molecule has 0 atom stereocenters. The first kappa shape index (κ1) is 23.8. The van der Waals surface area contributed by atoms with Crippen LogP contribution in [0.1, 0.15) is 0 Å². The average Bonchev–Trinajstić information content (AvgIpc) is 0.722. The van der Waals surface area contributed by atoms with Crippen molar-refractivity contribution in [3.63, 3.8) is 0 Å². The second kappa shape index (κ2) is 7.39. The molecule has 0 bridgehead atoms. The van der Waals surface area contributed by atoms with Crippen LogP contribution in [0.15, 0.2) is 0 Å². The molecule has 0 aliphatic rings. The summed E-state index contributed by atoms with van der Waals surface area (Å²) in [5, 5.41) is 0. The SMILES string of the molecule is O.O.O=S(=O)(O)O.[LiH]. The van der Waals surface area contributed by atoms with Gasteiger partial charge in [0.2, 0.25) is 0 Å². The van der Waals surface area contributed by atoms with E-state index in [4.69, 9.17) is 17.5 Å². The van der Waals surface area contributed by atoms with Crippen molar-refractivity contribution in [2.75, 3.05) is 0 Å². The van der Waals surface area contributed by atoms with Gasteiger partial charge in [-0.05, 0) is 0 Å². The fraction of sp³-hybridized carbons (Fsp3) is 0. The fourth-order valence-corrected chi connectivity index (χ4v) is 0. The standard InChI is InChI=1S/Li.H2O4S.2H2O.H/c;1-5(2,3)4;;;/h;(H2,1,2,3,4);2*1H2;. The summed E-state index contributed by atoms with van der Waals surface area (Å²) in [5.41, 5.74) is 0. The Labute approximate surface area is 58.3 Å². The third kappa shape index (κ3) is 1240. The van der Waals surface area contributed by atoms with E-state index in [0.29, 0.717) is 0 Å². The summed E-state index contributed by atoms with van der Waals surface area (Å²) in [6.45, 7) is 0. The number of hydrogen-bond donors (Lipinski definition) is 2. The van der Waals surface area contributed by atoms with Gasteiger partial charge in [0.15, 0.2) is 0 Å². The second-order valence-corrected chi connectivity index (χ2v) is 1.34. The van der Waals surface area contributed by atoms with E-state index in [0.717, 1.165) is 0 Å². The van der Waals surface area contributed by atoms with E-state index in [1.54, 1.807) is 0 Å². The third-order valence-corrected chi connectivity index (χ3v) is 0. The minimum atomic E-state index is -4.67. The summed E-state index contributed by atoms with van der Waals surface area (Å²) in [6, 6.07) is 0. The van der Waals surface area contributed by atoms with Gasteiger partial charge in [-0.2, -0.15) is 8.42 Å². The van der Waals surface area contributed by atoms with E-state index in [1.165, 1.54) is 0 Å². The van der Waals surface area contributed by atoms with Gasteiger partial charge in [-0.3, -0.25) is 9.11 Å². The van der Waals surface area contributed by atoms with E-state index in [1.807, 2.05) is 0 Å². The quantitative estimate of drug-likeness (QED) is 0.275. The molecule has 8 heteroatoms. The molecular weight excluding hydrogens is 135 g/mol. The molecule has 50 valence electrons. The molecule has 0 unspecified atom stereocenters. The van der Waals surface area contributed by atoms with Crippen molar-refractivity contribution in [2.24, 2.45) is 0 Å². The van der Waals surface area contributed by atoms with Crippen molar-refractivity contribution in [2.45, 2.75) is 0 Å². The van der Waals surface area contributed by atoms with E-state index in [2.05, 4.69) is 0 Å². The first-order valence-corrected chi connectivity index (χ1v) is 2.10. The predicted molar refractivity (Wildman–Crippen MR) is 28.6 cm³/mol. The van der Waals surface area contributed by atoms with E-state index < -0.39 is 10.4 Å². The Hall–Kier alpha value is 0.387. The Balaban J connectivity index is -0.0000000267. The van der Waals surface area contributed by atoms with E-state index in [-0.39, 0.29) is 29.8 Å². The van der Waals surface area contributed by atoms with Crippen molar-refractivity contribution in [1.82, 2.24) is 0 Å². The van der Waals surface area contributed by atoms with Crippen molar-refractivity contribution >= 4 is 29.3 Å². The Morgan fingerprint density at radius 2 is 1.00 bits per heavy atom. The van der Waals surface area contributed by atoms with Gasteiger partial charge in [-0.1, -0.05) is 0 Å². The van der Waals surface area contributed by atoms with Crippen LogP contribution in [0.5, 0.6) is 0 Å². The van der Waals surface area contributed by atoms with Crippen molar-refractivity contribution in [3.05, 3.63) is 0 Å². The maximum atomic E-state index is 8.74. The first-order chi connectivity index (χ1) is 2.00. The van der Waals surface area contributed by atoms with Crippen molar-refractivity contribution in [1.29, 1.82) is 0 Å². The zero-order chi connectivity index (χ0) is 4.50. The molecule has 6 nitrogen and oxygen atoms in total. The Morgan fingerprint density at radius 1 is 1.00 bits per heavy atom. The average molecular weight is 142 g/mol. The fourth-order valence-electron chi connectivity index (χ4n) is 0. The van der Waals surface area contributed by atoms with Crippen LogP contribution in [0.2, 0.25) is 0 Å². The van der Waals surface area contributed by atoms with Crippen LogP contribution in [0.25, 0.3) is 0 Å². The number of hydrogen-bond acceptors (Lipinski definition) is 2. The Morgan fingerprint density at radius 3 is 1.00 bits per heavy atom. The van der Waals surface area contributed by atoms with Crippen molar-refractivity contribution in [3.8, 4) is 0 Å². The van der Waals surface area contributed by atoms with Gasteiger partial charge in [-0.25, -0.2) is 0 Å². The summed E-state index contributed by atoms with van der Waals surface area (Å²) in [7, 11) is -4.67. The van der Waals surface area contributed by atoms with Crippen LogP contribution in [0.4, 0.5) is 0 Å². The molecule has 6 N–H and O–H groups in total. The van der Waals surface area contributed by atoms with Gasteiger partial charge in [-0.15, -0.1) is 0 Å². The Kier molecular flexibility index (Phi) is 22.0. The van der Waals surface area contributed by atoms with Crippen LogP contribution in [-0.4, -0.2) is 47.3 Å². The van der Waals surface area contributed by atoms with Gasteiger partial charge in [0.05, 0.1) is 0 Å². The van der Waals surface area contributed by atoms with Crippen LogP contribution >= 0.6 is 0 Å². The molecule has 0 saturated carbocycles. The van der Waals surface area contributed by atoms with Gasteiger partial charge in [0.25, 0.3) is 0 Å². The van der Waals surface area contributed by atoms with Crippen LogP contribution in [0, 0.1) is 0 Å². The summed E-state index contributed by atoms with van der Waals surface area (Å²) in [6.07, 6.45) is 0. The molecule has 0 aromatic rings. The molecule has 0 heterocycles. The van der Waals surface area contributed by atoms with Crippen molar-refractivity contribution < 1.29 is 28.5 Å². The maximum absolute atomic E-state index is 8.74. The summed E-state index contributed by atoms with van der Waals surface area (Å²) >= 11 is 0. The van der Waals surface area contributed by atoms with Gasteiger partial charge in [0.1, 0.15) is 0 Å².